The van der Waals surface area contributed by atoms with E-state index < -0.39 is 0 Å². The molecule has 2 heteroatoms. The average Bonchev–Trinajstić information content (AvgIpc) is 2.73. The molecule has 2 nitrogen and oxygen atoms in total. The van der Waals surface area contributed by atoms with E-state index in [4.69, 9.17) is 4.74 Å². The summed E-state index contributed by atoms with van der Waals surface area (Å²) in [6.07, 6.45) is 4.01. The molecule has 1 aliphatic heterocycles. The molecule has 0 saturated carbocycles. The summed E-state index contributed by atoms with van der Waals surface area (Å²) >= 11 is 0. The molecule has 16 heavy (non-hydrogen) atoms. The number of fused-ring (bicyclic) bond motifs is 3. The Labute approximate surface area is 97.2 Å². The number of hydrogen-bond acceptors (Lipinski definition) is 2. The highest BCUT2D eigenvalue weighted by molar-refractivity contribution is 5.33. The van der Waals surface area contributed by atoms with Crippen LogP contribution in [-0.2, 0) is 11.2 Å². The highest BCUT2D eigenvalue weighted by atomic mass is 16.5. The van der Waals surface area contributed by atoms with E-state index in [1.165, 1.54) is 36.9 Å². The third kappa shape index (κ3) is 1.57. The third-order valence-corrected chi connectivity index (χ3v) is 3.82. The first kappa shape index (κ1) is 10.3. The first-order valence-electron chi connectivity index (χ1n) is 6.33. The first-order chi connectivity index (χ1) is 7.90. The molecule has 0 radical (unpaired) electrons. The molecule has 0 aromatic heterocycles. The SMILES string of the molecule is CCCN1COC2c3ccccc3CCC21. The van der Waals surface area contributed by atoms with Crippen molar-refractivity contribution in [3.05, 3.63) is 35.4 Å². The van der Waals surface area contributed by atoms with E-state index in [0.29, 0.717) is 12.1 Å². The molecular formula is C14H19NO. The zero-order valence-corrected chi connectivity index (χ0v) is 9.86. The summed E-state index contributed by atoms with van der Waals surface area (Å²) in [6, 6.07) is 9.37. The predicted molar refractivity (Wildman–Crippen MR) is 64.2 cm³/mol. The van der Waals surface area contributed by atoms with E-state index in [-0.39, 0.29) is 0 Å². The van der Waals surface area contributed by atoms with Gasteiger partial charge in [0.15, 0.2) is 0 Å². The molecule has 1 aromatic carbocycles. The third-order valence-electron chi connectivity index (χ3n) is 3.82. The Kier molecular flexibility index (Phi) is 2.70. The van der Waals surface area contributed by atoms with Crippen molar-refractivity contribution in [1.29, 1.82) is 0 Å². The van der Waals surface area contributed by atoms with Gasteiger partial charge in [0.1, 0.15) is 12.8 Å². The van der Waals surface area contributed by atoms with E-state index in [1.54, 1.807) is 0 Å². The second kappa shape index (κ2) is 4.19. The number of rotatable bonds is 2. The summed E-state index contributed by atoms with van der Waals surface area (Å²) < 4.78 is 5.97. The Morgan fingerprint density at radius 2 is 2.25 bits per heavy atom. The molecule has 1 aromatic rings. The molecule has 2 unspecified atom stereocenters. The fraction of sp³-hybridized carbons (Fsp3) is 0.571. The summed E-state index contributed by atoms with van der Waals surface area (Å²) in [5.74, 6) is 0. The predicted octanol–water partition coefficient (Wildman–Crippen LogP) is 2.74. The van der Waals surface area contributed by atoms with Crippen molar-refractivity contribution in [1.82, 2.24) is 4.90 Å². The minimum atomic E-state index is 0.330. The van der Waals surface area contributed by atoms with Crippen LogP contribution in [0, 0.1) is 0 Å². The Morgan fingerprint density at radius 3 is 3.12 bits per heavy atom. The molecular weight excluding hydrogens is 198 g/mol. The minimum absolute atomic E-state index is 0.330. The van der Waals surface area contributed by atoms with Gasteiger partial charge >= 0.3 is 0 Å². The van der Waals surface area contributed by atoms with Crippen LogP contribution in [0.3, 0.4) is 0 Å². The molecule has 1 fully saturated rings. The van der Waals surface area contributed by atoms with E-state index in [1.807, 2.05) is 0 Å². The molecule has 0 amide bonds. The number of aryl methyl sites for hydroxylation is 1. The van der Waals surface area contributed by atoms with Crippen molar-refractivity contribution in [2.75, 3.05) is 13.3 Å². The van der Waals surface area contributed by atoms with Crippen LogP contribution in [0.25, 0.3) is 0 Å². The van der Waals surface area contributed by atoms with Crippen molar-refractivity contribution in [2.24, 2.45) is 0 Å². The van der Waals surface area contributed by atoms with Gasteiger partial charge in [0.05, 0.1) is 0 Å². The molecule has 3 rings (SSSR count). The molecule has 0 N–H and O–H groups in total. The summed E-state index contributed by atoms with van der Waals surface area (Å²) in [6.45, 7) is 4.23. The highest BCUT2D eigenvalue weighted by Gasteiger charge is 2.38. The first-order valence-corrected chi connectivity index (χ1v) is 6.33. The van der Waals surface area contributed by atoms with Crippen LogP contribution in [0.15, 0.2) is 24.3 Å². The summed E-state index contributed by atoms with van der Waals surface area (Å²) in [4.78, 5) is 2.50. The maximum absolute atomic E-state index is 5.97. The average molecular weight is 217 g/mol. The fourth-order valence-corrected chi connectivity index (χ4v) is 3.07. The van der Waals surface area contributed by atoms with Gasteiger partial charge in [-0.25, -0.2) is 0 Å². The monoisotopic (exact) mass is 217 g/mol. The lowest BCUT2D eigenvalue weighted by Crippen LogP contribution is -2.35. The van der Waals surface area contributed by atoms with Crippen LogP contribution >= 0.6 is 0 Å². The van der Waals surface area contributed by atoms with E-state index in [0.717, 1.165) is 6.73 Å². The van der Waals surface area contributed by atoms with Crippen LogP contribution in [0.1, 0.15) is 37.0 Å². The van der Waals surface area contributed by atoms with Gasteiger partial charge in [-0.2, -0.15) is 0 Å². The van der Waals surface area contributed by atoms with Gasteiger partial charge in [-0.05, 0) is 30.4 Å². The zero-order chi connectivity index (χ0) is 11.0. The number of benzene rings is 1. The lowest BCUT2D eigenvalue weighted by atomic mass is 9.86. The second-order valence-corrected chi connectivity index (χ2v) is 4.83. The fourth-order valence-electron chi connectivity index (χ4n) is 3.07. The van der Waals surface area contributed by atoms with E-state index >= 15 is 0 Å². The quantitative estimate of drug-likeness (QED) is 0.755. The van der Waals surface area contributed by atoms with Crippen molar-refractivity contribution in [3.63, 3.8) is 0 Å². The zero-order valence-electron chi connectivity index (χ0n) is 9.86. The summed E-state index contributed by atoms with van der Waals surface area (Å²) in [5, 5.41) is 0. The molecule has 1 aliphatic carbocycles. The minimum Gasteiger partial charge on any atom is -0.356 e. The summed E-state index contributed by atoms with van der Waals surface area (Å²) in [5.41, 5.74) is 2.92. The smallest absolute Gasteiger partial charge is 0.100 e. The van der Waals surface area contributed by atoms with Gasteiger partial charge in [-0.3, -0.25) is 4.90 Å². The Balaban J connectivity index is 1.87. The number of ether oxygens (including phenoxy) is 1. The van der Waals surface area contributed by atoms with Crippen LogP contribution in [-0.4, -0.2) is 24.2 Å². The Hall–Kier alpha value is -0.860. The van der Waals surface area contributed by atoms with Crippen LogP contribution in [0.5, 0.6) is 0 Å². The molecule has 2 atom stereocenters. The van der Waals surface area contributed by atoms with Gasteiger partial charge in [0, 0.05) is 12.6 Å². The van der Waals surface area contributed by atoms with Crippen molar-refractivity contribution < 1.29 is 4.74 Å². The standard InChI is InChI=1S/C14H19NO/c1-2-9-15-10-16-14-12-6-4-3-5-11(12)7-8-13(14)15/h3-6,13-14H,2,7-10H2,1H3. The molecule has 2 aliphatic rings. The Bertz CT molecular complexity index is 377. The molecule has 0 bridgehead atoms. The van der Waals surface area contributed by atoms with Gasteiger partial charge in [-0.15, -0.1) is 0 Å². The van der Waals surface area contributed by atoms with E-state index in [2.05, 4.69) is 36.1 Å². The number of nitrogens with zero attached hydrogens (tertiary/aromatic N) is 1. The van der Waals surface area contributed by atoms with Crippen molar-refractivity contribution in [3.8, 4) is 0 Å². The van der Waals surface area contributed by atoms with Gasteiger partial charge in [-0.1, -0.05) is 31.2 Å². The normalized spacial score (nSPS) is 28.8. The topological polar surface area (TPSA) is 12.5 Å². The van der Waals surface area contributed by atoms with Crippen molar-refractivity contribution >= 4 is 0 Å². The summed E-state index contributed by atoms with van der Waals surface area (Å²) in [7, 11) is 0. The van der Waals surface area contributed by atoms with Crippen LogP contribution in [0.2, 0.25) is 0 Å². The largest absolute Gasteiger partial charge is 0.356 e. The lowest BCUT2D eigenvalue weighted by Gasteiger charge is -2.30. The van der Waals surface area contributed by atoms with Gasteiger partial charge in [0.2, 0.25) is 0 Å². The van der Waals surface area contributed by atoms with Crippen LogP contribution < -0.4 is 0 Å². The van der Waals surface area contributed by atoms with Crippen LogP contribution in [0.4, 0.5) is 0 Å². The molecule has 1 saturated heterocycles. The van der Waals surface area contributed by atoms with Gasteiger partial charge < -0.3 is 4.74 Å². The maximum atomic E-state index is 5.97. The van der Waals surface area contributed by atoms with Crippen molar-refractivity contribution in [2.45, 2.75) is 38.3 Å². The molecule has 0 spiro atoms. The number of hydrogen-bond donors (Lipinski definition) is 0. The molecule has 1 heterocycles. The van der Waals surface area contributed by atoms with Gasteiger partial charge in [0.25, 0.3) is 0 Å². The Morgan fingerprint density at radius 1 is 1.38 bits per heavy atom. The molecule has 86 valence electrons. The lowest BCUT2D eigenvalue weighted by molar-refractivity contribution is 0.0865. The highest BCUT2D eigenvalue weighted by Crippen LogP contribution is 2.39. The van der Waals surface area contributed by atoms with E-state index in [9.17, 15) is 0 Å². The maximum Gasteiger partial charge on any atom is 0.100 e. The second-order valence-electron chi connectivity index (χ2n) is 4.83.